The molecule has 5 nitrogen and oxygen atoms in total. The van der Waals surface area contributed by atoms with Gasteiger partial charge in [0.25, 0.3) is 17.5 Å². The molecule has 7 heteroatoms. The molecule has 1 N–H and O–H groups in total. The zero-order valence-corrected chi connectivity index (χ0v) is 14.0. The summed E-state index contributed by atoms with van der Waals surface area (Å²) in [5.41, 5.74) is -1.15. The van der Waals surface area contributed by atoms with Gasteiger partial charge in [0, 0.05) is 34.4 Å². The number of carbonyl (C=O) groups is 1. The minimum Gasteiger partial charge on any atom is -0.322 e. The van der Waals surface area contributed by atoms with E-state index < -0.39 is 22.2 Å². The molecule has 2 aromatic carbocycles. The minimum atomic E-state index is -3.04. The van der Waals surface area contributed by atoms with Gasteiger partial charge in [0.05, 0.1) is 4.92 Å². The summed E-state index contributed by atoms with van der Waals surface area (Å²) in [6.07, 6.45) is 0. The molecular weight excluding hydrogens is 330 g/mol. The Bertz CT molecular complexity index is 797. The maximum Gasteiger partial charge on any atom is 0.277 e. The number of nitro groups is 1. The average molecular weight is 348 g/mol. The van der Waals surface area contributed by atoms with Crippen molar-refractivity contribution in [2.45, 2.75) is 26.7 Å². The number of carbonyl (C=O) groups excluding carboxylic acids is 1. The van der Waals surface area contributed by atoms with Gasteiger partial charge in [-0.05, 0) is 18.2 Å². The van der Waals surface area contributed by atoms with Gasteiger partial charge in [-0.25, -0.2) is 8.78 Å². The first-order valence-corrected chi connectivity index (χ1v) is 7.56. The SMILES string of the molecule is CC(C)(C)C(F)(F)c1ccc(C(=O)Nc2cccc([N+](=O)[O-])c2)cc1. The quantitative estimate of drug-likeness (QED) is 0.625. The van der Waals surface area contributed by atoms with Crippen LogP contribution in [0.5, 0.6) is 0 Å². The van der Waals surface area contributed by atoms with Crippen LogP contribution in [0.3, 0.4) is 0 Å². The molecule has 25 heavy (non-hydrogen) atoms. The van der Waals surface area contributed by atoms with E-state index in [9.17, 15) is 23.7 Å². The van der Waals surface area contributed by atoms with Crippen molar-refractivity contribution in [3.05, 3.63) is 69.8 Å². The molecule has 0 aliphatic heterocycles. The molecule has 132 valence electrons. The Balaban J connectivity index is 2.19. The molecule has 0 radical (unpaired) electrons. The first kappa shape index (κ1) is 18.5. The van der Waals surface area contributed by atoms with Crippen molar-refractivity contribution in [2.24, 2.45) is 5.41 Å². The highest BCUT2D eigenvalue weighted by molar-refractivity contribution is 6.04. The summed E-state index contributed by atoms with van der Waals surface area (Å²) in [6, 6.07) is 10.5. The van der Waals surface area contributed by atoms with Crippen molar-refractivity contribution in [1.29, 1.82) is 0 Å². The Morgan fingerprint density at radius 2 is 1.68 bits per heavy atom. The molecule has 0 aliphatic carbocycles. The van der Waals surface area contributed by atoms with Gasteiger partial charge in [0.2, 0.25) is 0 Å². The smallest absolute Gasteiger partial charge is 0.277 e. The predicted molar refractivity (Wildman–Crippen MR) is 90.8 cm³/mol. The van der Waals surface area contributed by atoms with E-state index in [1.807, 2.05) is 0 Å². The number of nitrogens with one attached hydrogen (secondary N) is 1. The molecular formula is C18H18F2N2O3. The molecule has 0 atom stereocenters. The number of hydrogen-bond acceptors (Lipinski definition) is 3. The molecule has 0 aliphatic rings. The average Bonchev–Trinajstić information content (AvgIpc) is 2.54. The molecule has 0 saturated heterocycles. The normalized spacial score (nSPS) is 11.9. The highest BCUT2D eigenvalue weighted by Crippen LogP contribution is 2.44. The molecule has 1 amide bonds. The monoisotopic (exact) mass is 348 g/mol. The molecule has 0 heterocycles. The van der Waals surface area contributed by atoms with Gasteiger partial charge in [-0.1, -0.05) is 39.0 Å². The zero-order chi connectivity index (χ0) is 18.8. The summed E-state index contributed by atoms with van der Waals surface area (Å²) in [7, 11) is 0. The van der Waals surface area contributed by atoms with Gasteiger partial charge in [0.1, 0.15) is 0 Å². The minimum absolute atomic E-state index is 0.155. The van der Waals surface area contributed by atoms with Gasteiger partial charge >= 0.3 is 0 Å². The third-order valence-corrected chi connectivity index (χ3v) is 3.77. The molecule has 0 saturated carbocycles. The van der Waals surface area contributed by atoms with Crippen molar-refractivity contribution in [3.63, 3.8) is 0 Å². The lowest BCUT2D eigenvalue weighted by Crippen LogP contribution is -2.31. The summed E-state index contributed by atoms with van der Waals surface area (Å²) < 4.78 is 28.6. The number of halogens is 2. The zero-order valence-electron chi connectivity index (χ0n) is 14.0. The number of non-ortho nitro benzene ring substituents is 1. The number of hydrogen-bond donors (Lipinski definition) is 1. The number of benzene rings is 2. The number of nitro benzene ring substituents is 1. The number of anilines is 1. The van der Waals surface area contributed by atoms with E-state index in [4.69, 9.17) is 0 Å². The number of amides is 1. The molecule has 0 aromatic heterocycles. The number of rotatable bonds is 4. The van der Waals surface area contributed by atoms with Crippen LogP contribution in [0.15, 0.2) is 48.5 Å². The second kappa shape index (κ2) is 6.58. The maximum atomic E-state index is 14.3. The largest absolute Gasteiger partial charge is 0.322 e. The highest BCUT2D eigenvalue weighted by Gasteiger charge is 2.44. The van der Waals surface area contributed by atoms with E-state index in [0.29, 0.717) is 0 Å². The Hall–Kier alpha value is -2.83. The van der Waals surface area contributed by atoms with E-state index in [1.165, 1.54) is 69.3 Å². The topological polar surface area (TPSA) is 72.2 Å². The fourth-order valence-electron chi connectivity index (χ4n) is 2.16. The Labute approximate surface area is 143 Å². The molecule has 2 rings (SSSR count). The van der Waals surface area contributed by atoms with Crippen LogP contribution in [0.2, 0.25) is 0 Å². The van der Waals surface area contributed by atoms with Crippen LogP contribution in [0, 0.1) is 15.5 Å². The summed E-state index contributed by atoms with van der Waals surface area (Å²) >= 11 is 0. The van der Waals surface area contributed by atoms with Crippen LogP contribution >= 0.6 is 0 Å². The van der Waals surface area contributed by atoms with Crippen molar-refractivity contribution in [3.8, 4) is 0 Å². The third kappa shape index (κ3) is 3.99. The Morgan fingerprint density at radius 3 is 2.20 bits per heavy atom. The fourth-order valence-corrected chi connectivity index (χ4v) is 2.16. The van der Waals surface area contributed by atoms with Crippen molar-refractivity contribution in [1.82, 2.24) is 0 Å². The van der Waals surface area contributed by atoms with Crippen molar-refractivity contribution in [2.75, 3.05) is 5.32 Å². The first-order chi connectivity index (χ1) is 11.5. The second-order valence-electron chi connectivity index (χ2n) is 6.66. The van der Waals surface area contributed by atoms with Crippen LogP contribution < -0.4 is 5.32 Å². The summed E-state index contributed by atoms with van der Waals surface area (Å²) in [5, 5.41) is 13.3. The van der Waals surface area contributed by atoms with E-state index in [0.717, 1.165) is 0 Å². The van der Waals surface area contributed by atoms with Crippen LogP contribution in [0.25, 0.3) is 0 Å². The summed E-state index contributed by atoms with van der Waals surface area (Å²) in [6.45, 7) is 4.32. The molecule has 2 aromatic rings. The van der Waals surface area contributed by atoms with Crippen LogP contribution in [-0.2, 0) is 5.92 Å². The number of nitrogens with zero attached hydrogens (tertiary/aromatic N) is 1. The second-order valence-corrected chi connectivity index (χ2v) is 6.66. The Morgan fingerprint density at radius 1 is 1.08 bits per heavy atom. The van der Waals surface area contributed by atoms with Crippen molar-refractivity contribution < 1.29 is 18.5 Å². The van der Waals surface area contributed by atoms with Crippen LogP contribution in [-0.4, -0.2) is 10.8 Å². The van der Waals surface area contributed by atoms with E-state index in [2.05, 4.69) is 5.32 Å². The third-order valence-electron chi connectivity index (χ3n) is 3.77. The molecule has 0 unspecified atom stereocenters. The highest BCUT2D eigenvalue weighted by atomic mass is 19.3. The molecule has 0 spiro atoms. The van der Waals surface area contributed by atoms with E-state index >= 15 is 0 Å². The maximum absolute atomic E-state index is 14.3. The predicted octanol–water partition coefficient (Wildman–Crippen LogP) is 4.99. The molecule has 0 fully saturated rings. The fraction of sp³-hybridized carbons (Fsp3) is 0.278. The van der Waals surface area contributed by atoms with E-state index in [-0.39, 0.29) is 22.5 Å². The van der Waals surface area contributed by atoms with Gasteiger partial charge in [0.15, 0.2) is 0 Å². The van der Waals surface area contributed by atoms with Gasteiger partial charge in [-0.15, -0.1) is 0 Å². The lowest BCUT2D eigenvalue weighted by atomic mass is 9.83. The van der Waals surface area contributed by atoms with Gasteiger partial charge in [-0.2, -0.15) is 0 Å². The van der Waals surface area contributed by atoms with Crippen LogP contribution in [0.4, 0.5) is 20.2 Å². The van der Waals surface area contributed by atoms with Gasteiger partial charge in [-0.3, -0.25) is 14.9 Å². The Kier molecular flexibility index (Phi) is 4.87. The lowest BCUT2D eigenvalue weighted by Gasteiger charge is -2.30. The number of alkyl halides is 2. The lowest BCUT2D eigenvalue weighted by molar-refractivity contribution is -0.384. The summed E-state index contributed by atoms with van der Waals surface area (Å²) in [5.74, 6) is -3.58. The standard InChI is InChI=1S/C18H18F2N2O3/c1-17(2,3)18(19,20)13-9-7-12(8-10-13)16(23)21-14-5-4-6-15(11-14)22(24)25/h4-11H,1-3H3,(H,21,23). The van der Waals surface area contributed by atoms with Crippen LogP contribution in [0.1, 0.15) is 36.7 Å². The first-order valence-electron chi connectivity index (χ1n) is 7.56. The molecule has 0 bridgehead atoms. The van der Waals surface area contributed by atoms with Gasteiger partial charge < -0.3 is 5.32 Å². The van der Waals surface area contributed by atoms with Crippen molar-refractivity contribution >= 4 is 17.3 Å². The summed E-state index contributed by atoms with van der Waals surface area (Å²) in [4.78, 5) is 22.4. The van der Waals surface area contributed by atoms with E-state index in [1.54, 1.807) is 0 Å².